The first-order chi connectivity index (χ1) is 6.38. The van der Waals surface area contributed by atoms with Crippen LogP contribution in [0.4, 0.5) is 0 Å². The summed E-state index contributed by atoms with van der Waals surface area (Å²) < 4.78 is 0. The van der Waals surface area contributed by atoms with Crippen molar-refractivity contribution in [3.8, 4) is 6.07 Å². The zero-order valence-corrected chi connectivity index (χ0v) is 7.53. The van der Waals surface area contributed by atoms with Crippen molar-refractivity contribution in [1.82, 2.24) is 4.90 Å². The van der Waals surface area contributed by atoms with Crippen molar-refractivity contribution in [3.63, 3.8) is 0 Å². The zero-order chi connectivity index (χ0) is 9.10. The monoisotopic (exact) mass is 172 g/mol. The van der Waals surface area contributed by atoms with Gasteiger partial charge < -0.3 is 0 Å². The van der Waals surface area contributed by atoms with Crippen LogP contribution >= 0.6 is 0 Å². The van der Waals surface area contributed by atoms with E-state index in [0.29, 0.717) is 0 Å². The molecular formula is C11H12N2. The number of nitrogens with zero attached hydrogens (tertiary/aromatic N) is 2. The van der Waals surface area contributed by atoms with E-state index in [1.807, 2.05) is 18.2 Å². The molecule has 13 heavy (non-hydrogen) atoms. The molecule has 0 atom stereocenters. The van der Waals surface area contributed by atoms with Gasteiger partial charge in [-0.2, -0.15) is 5.26 Å². The number of likely N-dealkylation sites (tertiary alicyclic amines) is 1. The maximum Gasteiger partial charge on any atom is 0.0991 e. The van der Waals surface area contributed by atoms with Gasteiger partial charge in [0.05, 0.1) is 11.6 Å². The molecule has 2 nitrogen and oxygen atoms in total. The first-order valence-electron chi connectivity index (χ1n) is 4.60. The highest BCUT2D eigenvalue weighted by atomic mass is 15.2. The van der Waals surface area contributed by atoms with Crippen LogP contribution in [0.25, 0.3) is 0 Å². The second-order valence-electron chi connectivity index (χ2n) is 3.44. The molecule has 0 saturated carbocycles. The van der Waals surface area contributed by atoms with E-state index in [9.17, 15) is 0 Å². The van der Waals surface area contributed by atoms with Crippen molar-refractivity contribution < 1.29 is 0 Å². The van der Waals surface area contributed by atoms with Gasteiger partial charge in [-0.3, -0.25) is 4.90 Å². The Hall–Kier alpha value is -1.33. The molecule has 0 aliphatic carbocycles. The van der Waals surface area contributed by atoms with Crippen LogP contribution < -0.4 is 0 Å². The van der Waals surface area contributed by atoms with Crippen molar-refractivity contribution in [3.05, 3.63) is 35.4 Å². The second kappa shape index (κ2) is 3.59. The normalized spacial score (nSPS) is 16.2. The van der Waals surface area contributed by atoms with E-state index in [2.05, 4.69) is 17.0 Å². The third-order valence-electron chi connectivity index (χ3n) is 2.41. The van der Waals surface area contributed by atoms with E-state index in [0.717, 1.165) is 12.1 Å². The summed E-state index contributed by atoms with van der Waals surface area (Å²) in [4.78, 5) is 2.39. The summed E-state index contributed by atoms with van der Waals surface area (Å²) in [6.45, 7) is 3.41. The Bertz CT molecular complexity index is 334. The van der Waals surface area contributed by atoms with Gasteiger partial charge in [0.25, 0.3) is 0 Å². The molecule has 0 radical (unpaired) electrons. The Morgan fingerprint density at radius 1 is 1.38 bits per heavy atom. The van der Waals surface area contributed by atoms with Gasteiger partial charge in [0.15, 0.2) is 0 Å². The smallest absolute Gasteiger partial charge is 0.0991 e. The summed E-state index contributed by atoms with van der Waals surface area (Å²) in [5.41, 5.74) is 2.01. The molecular weight excluding hydrogens is 160 g/mol. The Morgan fingerprint density at radius 2 is 2.23 bits per heavy atom. The van der Waals surface area contributed by atoms with Crippen molar-refractivity contribution in [2.75, 3.05) is 13.1 Å². The highest BCUT2D eigenvalue weighted by molar-refractivity contribution is 5.32. The molecule has 1 aliphatic rings. The molecule has 1 aromatic rings. The molecule has 1 fully saturated rings. The minimum absolute atomic E-state index is 0.762. The lowest BCUT2D eigenvalue weighted by atomic mass is 10.1. The fraction of sp³-hybridized carbons (Fsp3) is 0.364. The molecule has 0 unspecified atom stereocenters. The molecule has 0 bridgehead atoms. The minimum Gasteiger partial charge on any atom is -0.299 e. The summed E-state index contributed by atoms with van der Waals surface area (Å²) in [6.07, 6.45) is 1.32. The standard InChI is InChI=1S/C11H12N2/c12-8-10-3-1-4-11(7-10)9-13-5-2-6-13/h1,3-4,7H,2,5-6,9H2. The molecule has 1 aromatic carbocycles. The summed E-state index contributed by atoms with van der Waals surface area (Å²) in [6, 6.07) is 10.0. The molecule has 66 valence electrons. The fourth-order valence-electron chi connectivity index (χ4n) is 1.54. The van der Waals surface area contributed by atoms with E-state index < -0.39 is 0 Å². The van der Waals surface area contributed by atoms with E-state index in [1.165, 1.54) is 25.1 Å². The molecule has 0 amide bonds. The Morgan fingerprint density at radius 3 is 2.85 bits per heavy atom. The van der Waals surface area contributed by atoms with Crippen molar-refractivity contribution in [1.29, 1.82) is 5.26 Å². The predicted octanol–water partition coefficient (Wildman–Crippen LogP) is 1.76. The molecule has 1 heterocycles. The van der Waals surface area contributed by atoms with Crippen LogP contribution in [-0.4, -0.2) is 18.0 Å². The van der Waals surface area contributed by atoms with Crippen LogP contribution in [0.15, 0.2) is 24.3 Å². The molecule has 0 N–H and O–H groups in total. The van der Waals surface area contributed by atoms with Crippen molar-refractivity contribution in [2.45, 2.75) is 13.0 Å². The van der Waals surface area contributed by atoms with Gasteiger partial charge >= 0.3 is 0 Å². The zero-order valence-electron chi connectivity index (χ0n) is 7.53. The average Bonchev–Trinajstić information content (AvgIpc) is 2.12. The second-order valence-corrected chi connectivity index (χ2v) is 3.44. The van der Waals surface area contributed by atoms with Crippen LogP contribution in [0, 0.1) is 11.3 Å². The quantitative estimate of drug-likeness (QED) is 0.679. The summed E-state index contributed by atoms with van der Waals surface area (Å²) in [7, 11) is 0. The number of benzene rings is 1. The van der Waals surface area contributed by atoms with E-state index in [-0.39, 0.29) is 0 Å². The summed E-state index contributed by atoms with van der Waals surface area (Å²) in [5, 5.41) is 8.70. The van der Waals surface area contributed by atoms with Gasteiger partial charge in [-0.25, -0.2) is 0 Å². The highest BCUT2D eigenvalue weighted by Gasteiger charge is 2.13. The van der Waals surface area contributed by atoms with Gasteiger partial charge in [-0.1, -0.05) is 12.1 Å². The van der Waals surface area contributed by atoms with Crippen LogP contribution in [0.2, 0.25) is 0 Å². The van der Waals surface area contributed by atoms with E-state index in [4.69, 9.17) is 5.26 Å². The fourth-order valence-corrected chi connectivity index (χ4v) is 1.54. The van der Waals surface area contributed by atoms with Gasteiger partial charge in [0.2, 0.25) is 0 Å². The third kappa shape index (κ3) is 1.88. The molecule has 1 aliphatic heterocycles. The predicted molar refractivity (Wildman–Crippen MR) is 51.1 cm³/mol. The summed E-state index contributed by atoms with van der Waals surface area (Å²) >= 11 is 0. The van der Waals surface area contributed by atoms with E-state index in [1.54, 1.807) is 0 Å². The first-order valence-corrected chi connectivity index (χ1v) is 4.60. The van der Waals surface area contributed by atoms with E-state index >= 15 is 0 Å². The van der Waals surface area contributed by atoms with Gasteiger partial charge in [-0.05, 0) is 37.2 Å². The maximum absolute atomic E-state index is 8.70. The highest BCUT2D eigenvalue weighted by Crippen LogP contribution is 2.12. The van der Waals surface area contributed by atoms with Crippen LogP contribution in [-0.2, 0) is 6.54 Å². The number of rotatable bonds is 2. The van der Waals surface area contributed by atoms with Crippen LogP contribution in [0.3, 0.4) is 0 Å². The molecule has 2 heteroatoms. The largest absolute Gasteiger partial charge is 0.299 e. The Balaban J connectivity index is 2.07. The van der Waals surface area contributed by atoms with Gasteiger partial charge in [-0.15, -0.1) is 0 Å². The third-order valence-corrected chi connectivity index (χ3v) is 2.41. The number of hydrogen-bond acceptors (Lipinski definition) is 2. The first kappa shape index (κ1) is 8.28. The van der Waals surface area contributed by atoms with Crippen molar-refractivity contribution >= 4 is 0 Å². The molecule has 0 aromatic heterocycles. The molecule has 0 spiro atoms. The topological polar surface area (TPSA) is 27.0 Å². The number of hydrogen-bond donors (Lipinski definition) is 0. The molecule has 1 saturated heterocycles. The number of nitriles is 1. The summed E-state index contributed by atoms with van der Waals surface area (Å²) in [5.74, 6) is 0. The van der Waals surface area contributed by atoms with Gasteiger partial charge in [0.1, 0.15) is 0 Å². The lowest BCUT2D eigenvalue weighted by Crippen LogP contribution is -2.36. The van der Waals surface area contributed by atoms with Gasteiger partial charge in [0, 0.05) is 6.54 Å². The van der Waals surface area contributed by atoms with Crippen LogP contribution in [0.1, 0.15) is 17.5 Å². The maximum atomic E-state index is 8.70. The SMILES string of the molecule is N#Cc1cccc(CN2CCC2)c1. The Labute approximate surface area is 78.4 Å². The lowest BCUT2D eigenvalue weighted by Gasteiger charge is -2.30. The molecule has 2 rings (SSSR count). The van der Waals surface area contributed by atoms with Crippen molar-refractivity contribution in [2.24, 2.45) is 0 Å². The average molecular weight is 172 g/mol. The Kier molecular flexibility index (Phi) is 2.29. The minimum atomic E-state index is 0.762. The van der Waals surface area contributed by atoms with Crippen LogP contribution in [0.5, 0.6) is 0 Å². The lowest BCUT2D eigenvalue weighted by molar-refractivity contribution is 0.172.